The van der Waals surface area contributed by atoms with Gasteiger partial charge in [-0.15, -0.1) is 0 Å². The van der Waals surface area contributed by atoms with Crippen LogP contribution in [0.25, 0.3) is 71.7 Å². The molecule has 0 spiro atoms. The van der Waals surface area contributed by atoms with E-state index in [1.165, 1.54) is 66.3 Å². The van der Waals surface area contributed by atoms with E-state index in [4.69, 9.17) is 4.42 Å². The Labute approximate surface area is 241 Å². The molecule has 194 valence electrons. The minimum absolute atomic E-state index is 0.933. The molecule has 41 heavy (non-hydrogen) atoms. The number of benzene rings is 6. The molecule has 0 saturated heterocycles. The number of hydrogen-bond donors (Lipinski definition) is 0. The Kier molecular flexibility index (Phi) is 4.99. The highest BCUT2D eigenvalue weighted by atomic mass is 32.2. The van der Waals surface area contributed by atoms with Crippen molar-refractivity contribution >= 4 is 55.5 Å². The van der Waals surface area contributed by atoms with Gasteiger partial charge in [0.2, 0.25) is 0 Å². The Morgan fingerprint density at radius 1 is 0.512 bits per heavy atom. The Hall–Kier alpha value is -4.73. The average Bonchev–Trinajstić information content (AvgIpc) is 3.51. The van der Waals surface area contributed by atoms with Crippen LogP contribution in [0.4, 0.5) is 0 Å². The van der Waals surface area contributed by atoms with Crippen LogP contribution in [-0.4, -0.2) is 4.57 Å². The molecule has 0 aliphatic carbocycles. The summed E-state index contributed by atoms with van der Waals surface area (Å²) in [5.74, 6) is 2.02. The lowest BCUT2D eigenvalue weighted by Gasteiger charge is -2.15. The summed E-state index contributed by atoms with van der Waals surface area (Å²) in [6, 6.07) is 46.3. The molecular formula is C38H25NOS. The van der Waals surface area contributed by atoms with Gasteiger partial charge in [0.25, 0.3) is 0 Å². The fourth-order valence-corrected chi connectivity index (χ4v) is 7.73. The lowest BCUT2D eigenvalue weighted by Crippen LogP contribution is -1.97. The lowest BCUT2D eigenvalue weighted by atomic mass is 9.91. The predicted octanol–water partition coefficient (Wildman–Crippen LogP) is 10.8. The first-order valence-corrected chi connectivity index (χ1v) is 15.2. The van der Waals surface area contributed by atoms with E-state index >= 15 is 0 Å². The fraction of sp³-hybridized carbons (Fsp3) is 0.0526. The molecule has 0 amide bonds. The molecule has 6 aromatic carbocycles. The van der Waals surface area contributed by atoms with Crippen LogP contribution in [0.5, 0.6) is 0 Å². The third-order valence-electron chi connectivity index (χ3n) is 8.56. The molecule has 8 aromatic rings. The topological polar surface area (TPSA) is 18.1 Å². The molecule has 0 fully saturated rings. The average molecular weight is 544 g/mol. The van der Waals surface area contributed by atoms with E-state index in [0.717, 1.165) is 28.1 Å². The molecule has 0 saturated carbocycles. The maximum Gasteiger partial charge on any atom is 0.136 e. The molecule has 3 heterocycles. The molecule has 3 heteroatoms. The summed E-state index contributed by atoms with van der Waals surface area (Å²) in [7, 11) is 0. The lowest BCUT2D eigenvalue weighted by molar-refractivity contribution is 0.669. The predicted molar refractivity (Wildman–Crippen MR) is 174 cm³/mol. The van der Waals surface area contributed by atoms with Crippen LogP contribution in [0, 0.1) is 0 Å². The van der Waals surface area contributed by atoms with Gasteiger partial charge in [0, 0.05) is 38.7 Å². The maximum atomic E-state index is 6.22. The second kappa shape index (κ2) is 8.89. The first-order valence-electron chi connectivity index (χ1n) is 14.1. The molecule has 0 unspecified atom stereocenters. The Morgan fingerprint density at radius 3 is 1.93 bits per heavy atom. The van der Waals surface area contributed by atoms with Crippen LogP contribution in [0.3, 0.4) is 0 Å². The highest BCUT2D eigenvalue weighted by molar-refractivity contribution is 7.97. The zero-order valence-electron chi connectivity index (χ0n) is 22.3. The quantitative estimate of drug-likeness (QED) is 0.216. The molecule has 2 nitrogen and oxygen atoms in total. The minimum atomic E-state index is 0.933. The van der Waals surface area contributed by atoms with Gasteiger partial charge in [0.15, 0.2) is 0 Å². The largest absolute Gasteiger partial charge is 0.456 e. The highest BCUT2D eigenvalue weighted by Gasteiger charge is 2.20. The Bertz CT molecular complexity index is 2250. The Morgan fingerprint density at radius 2 is 1.15 bits per heavy atom. The van der Waals surface area contributed by atoms with Crippen molar-refractivity contribution < 1.29 is 4.42 Å². The Balaban J connectivity index is 1.28. The summed E-state index contributed by atoms with van der Waals surface area (Å²) in [6.45, 7) is 0. The first kappa shape index (κ1) is 23.0. The molecule has 0 N–H and O–H groups in total. The van der Waals surface area contributed by atoms with Crippen molar-refractivity contribution in [2.45, 2.75) is 11.5 Å². The number of furan rings is 1. The normalized spacial score (nSPS) is 13.1. The SMILES string of the molecule is c1ccc2c(c1)oc1cccc(-c3ccc4c(c3)-c3cc(-n5c6ccccc6c6ccccc65)ccc3CSC4)c12. The number of aromatic nitrogens is 1. The van der Waals surface area contributed by atoms with E-state index in [1.807, 2.05) is 17.8 Å². The van der Waals surface area contributed by atoms with Gasteiger partial charge < -0.3 is 8.98 Å². The van der Waals surface area contributed by atoms with Crippen LogP contribution in [0.2, 0.25) is 0 Å². The third-order valence-corrected chi connectivity index (χ3v) is 9.59. The van der Waals surface area contributed by atoms with Gasteiger partial charge in [-0.3, -0.25) is 0 Å². The van der Waals surface area contributed by atoms with E-state index in [-0.39, 0.29) is 0 Å². The molecule has 9 rings (SSSR count). The van der Waals surface area contributed by atoms with Crippen LogP contribution in [-0.2, 0) is 11.5 Å². The first-order chi connectivity index (χ1) is 20.3. The van der Waals surface area contributed by atoms with Gasteiger partial charge in [-0.05, 0) is 75.8 Å². The molecule has 0 radical (unpaired) electrons. The molecular weight excluding hydrogens is 518 g/mol. The second-order valence-corrected chi connectivity index (χ2v) is 11.8. The number of fused-ring (bicyclic) bond motifs is 9. The second-order valence-electron chi connectivity index (χ2n) is 10.9. The van der Waals surface area contributed by atoms with E-state index in [2.05, 4.69) is 126 Å². The molecule has 1 aliphatic rings. The summed E-state index contributed by atoms with van der Waals surface area (Å²) in [5, 5.41) is 4.93. The van der Waals surface area contributed by atoms with E-state index < -0.39 is 0 Å². The number of para-hydroxylation sites is 3. The molecule has 0 atom stereocenters. The number of thioether (sulfide) groups is 1. The van der Waals surface area contributed by atoms with E-state index in [9.17, 15) is 0 Å². The van der Waals surface area contributed by atoms with Crippen molar-refractivity contribution in [3.05, 3.63) is 139 Å². The van der Waals surface area contributed by atoms with Gasteiger partial charge in [-0.25, -0.2) is 0 Å². The zero-order valence-corrected chi connectivity index (χ0v) is 23.1. The maximum absolute atomic E-state index is 6.22. The van der Waals surface area contributed by atoms with Crippen molar-refractivity contribution in [2.24, 2.45) is 0 Å². The van der Waals surface area contributed by atoms with Gasteiger partial charge in [-0.2, -0.15) is 11.8 Å². The van der Waals surface area contributed by atoms with Crippen LogP contribution in [0.1, 0.15) is 11.1 Å². The van der Waals surface area contributed by atoms with Gasteiger partial charge in [0.1, 0.15) is 11.2 Å². The van der Waals surface area contributed by atoms with E-state index in [1.54, 1.807) is 0 Å². The van der Waals surface area contributed by atoms with Crippen molar-refractivity contribution in [1.29, 1.82) is 0 Å². The number of hydrogen-bond acceptors (Lipinski definition) is 2. The summed E-state index contributed by atoms with van der Waals surface area (Å²) in [4.78, 5) is 0. The molecule has 2 aromatic heterocycles. The van der Waals surface area contributed by atoms with Gasteiger partial charge >= 0.3 is 0 Å². The summed E-state index contributed by atoms with van der Waals surface area (Å²) in [5.41, 5.74) is 13.4. The van der Waals surface area contributed by atoms with Crippen molar-refractivity contribution in [1.82, 2.24) is 4.57 Å². The standard InChI is InChI=1S/C38H25NOS/c1-4-12-34-29(8-1)30-9-2-5-13-35(30)39(34)27-19-18-26-23-41-22-25-17-16-24(20-32(25)33(26)21-27)28-11-7-15-37-38(28)31-10-3-6-14-36(31)40-37/h1-21H,22-23H2. The summed E-state index contributed by atoms with van der Waals surface area (Å²) < 4.78 is 8.65. The summed E-state index contributed by atoms with van der Waals surface area (Å²) >= 11 is 2.00. The van der Waals surface area contributed by atoms with Crippen molar-refractivity contribution in [2.75, 3.05) is 0 Å². The fourth-order valence-electron chi connectivity index (χ4n) is 6.69. The summed E-state index contributed by atoms with van der Waals surface area (Å²) in [6.07, 6.45) is 0. The zero-order chi connectivity index (χ0) is 26.9. The van der Waals surface area contributed by atoms with Crippen LogP contribution in [0.15, 0.2) is 132 Å². The number of rotatable bonds is 2. The third kappa shape index (κ3) is 3.46. The van der Waals surface area contributed by atoms with Crippen molar-refractivity contribution in [3.8, 4) is 27.9 Å². The van der Waals surface area contributed by atoms with Crippen molar-refractivity contribution in [3.63, 3.8) is 0 Å². The van der Waals surface area contributed by atoms with Crippen LogP contribution >= 0.6 is 11.8 Å². The highest BCUT2D eigenvalue weighted by Crippen LogP contribution is 2.43. The van der Waals surface area contributed by atoms with Gasteiger partial charge in [-0.1, -0.05) is 84.9 Å². The monoisotopic (exact) mass is 543 g/mol. The van der Waals surface area contributed by atoms with Crippen LogP contribution < -0.4 is 0 Å². The number of nitrogens with zero attached hydrogens (tertiary/aromatic N) is 1. The smallest absolute Gasteiger partial charge is 0.136 e. The van der Waals surface area contributed by atoms with E-state index in [0.29, 0.717) is 0 Å². The van der Waals surface area contributed by atoms with Gasteiger partial charge in [0.05, 0.1) is 11.0 Å². The molecule has 1 aliphatic heterocycles. The molecule has 0 bridgehead atoms. The minimum Gasteiger partial charge on any atom is -0.456 e.